The minimum Gasteiger partial charge on any atom is -0.412 e. The summed E-state index contributed by atoms with van der Waals surface area (Å²) in [7, 11) is 0. The van der Waals surface area contributed by atoms with Crippen molar-refractivity contribution in [3.8, 4) is 0 Å². The zero-order valence-corrected chi connectivity index (χ0v) is 9.57. The smallest absolute Gasteiger partial charge is 0 e. The summed E-state index contributed by atoms with van der Waals surface area (Å²) in [5.41, 5.74) is 0. The molecule has 7 heteroatoms. The molecule has 7 heavy (non-hydrogen) atoms. The summed E-state index contributed by atoms with van der Waals surface area (Å²) in [5, 5.41) is 0. The van der Waals surface area contributed by atoms with Crippen molar-refractivity contribution in [1.82, 2.24) is 0 Å². The van der Waals surface area contributed by atoms with Crippen LogP contribution in [0.5, 0.6) is 0 Å². The molecule has 0 aliphatic rings. The molecule has 0 atom stereocenters. The Balaban J connectivity index is 0. The topological polar surface area (TPSA) is 63.0 Å². The molecule has 0 bridgehead atoms. The van der Waals surface area contributed by atoms with Gasteiger partial charge in [0.05, 0.1) is 0 Å². The maximum atomic E-state index is 0. The maximum Gasteiger partial charge on any atom is 0 e. The van der Waals surface area contributed by atoms with Crippen molar-refractivity contribution in [2.45, 2.75) is 0 Å². The molecule has 0 spiro atoms. The van der Waals surface area contributed by atoms with Gasteiger partial charge in [-0.3, -0.25) is 0 Å². The predicted octanol–water partition coefficient (Wildman–Crippen LogP) is 0.0353. The summed E-state index contributed by atoms with van der Waals surface area (Å²) in [5.74, 6) is 0. The molecule has 0 heterocycles. The molecule has 0 aliphatic heterocycles. The average molecular weight is 247 g/mol. The van der Waals surface area contributed by atoms with Crippen LogP contribution in [0.25, 0.3) is 0 Å². The van der Waals surface area contributed by atoms with E-state index in [1.165, 1.54) is 0 Å². The fourth-order valence-corrected chi connectivity index (χ4v) is 0. The van der Waals surface area contributed by atoms with Crippen molar-refractivity contribution < 1.29 is 30.4 Å². The quantitative estimate of drug-likeness (QED) is 0.542. The Bertz CT molecular complexity index is 9.65. The predicted molar refractivity (Wildman–Crippen MR) is 36.2 cm³/mol. The molecule has 0 aromatic carbocycles. The Morgan fingerprint density at radius 1 is 0.429 bits per heavy atom. The van der Waals surface area contributed by atoms with Gasteiger partial charge >= 0.3 is 0 Å². The van der Waals surface area contributed by atoms with Crippen LogP contribution >= 0.6 is 49.6 Å². The first-order valence-corrected chi connectivity index (χ1v) is 0. The first-order valence-electron chi connectivity index (χ1n) is 0. The van der Waals surface area contributed by atoms with E-state index in [9.17, 15) is 0 Å². The molecule has 2 nitrogen and oxygen atoms in total. The number of halogens is 4. The Morgan fingerprint density at radius 3 is 0.429 bits per heavy atom. The largest absolute Gasteiger partial charge is 0.412 e. The van der Waals surface area contributed by atoms with E-state index in [0.717, 1.165) is 0 Å². The molecule has 0 unspecified atom stereocenters. The average Bonchev–Trinajstić information content (AvgIpc) is 0. The van der Waals surface area contributed by atoms with E-state index in [4.69, 9.17) is 0 Å². The fraction of sp³-hybridized carbons (Fsp3) is 0. The summed E-state index contributed by atoms with van der Waals surface area (Å²) in [4.78, 5) is 0. The molecule has 0 saturated heterocycles. The van der Waals surface area contributed by atoms with E-state index < -0.39 is 0 Å². The Morgan fingerprint density at radius 2 is 0.429 bits per heavy atom. The molecule has 0 radical (unpaired) electrons. The molecule has 0 saturated carbocycles. The van der Waals surface area contributed by atoms with E-state index in [0.29, 0.717) is 0 Å². The second-order valence-corrected chi connectivity index (χ2v) is 0. The van der Waals surface area contributed by atoms with Crippen LogP contribution in [0.1, 0.15) is 0 Å². The van der Waals surface area contributed by atoms with E-state index in [1.807, 2.05) is 0 Å². The molecule has 50 valence electrons. The summed E-state index contributed by atoms with van der Waals surface area (Å²) in [6.07, 6.45) is 0. The Labute approximate surface area is 79.8 Å². The first kappa shape index (κ1) is 178. The van der Waals surface area contributed by atoms with Crippen LogP contribution < -0.4 is 0 Å². The van der Waals surface area contributed by atoms with Crippen molar-refractivity contribution >= 4 is 49.6 Å². The zero-order chi connectivity index (χ0) is 0. The monoisotopic (exact) mass is 244 g/mol. The molecule has 0 fully saturated rings. The molecule has 0 rings (SSSR count). The Kier molecular flexibility index (Phi) is 3030. The third-order valence-corrected chi connectivity index (χ3v) is 0. The zero-order valence-electron chi connectivity index (χ0n) is 3.34. The van der Waals surface area contributed by atoms with E-state index >= 15 is 0 Å². The van der Waals surface area contributed by atoms with Gasteiger partial charge in [-0.2, -0.15) is 0 Å². The normalized spacial score (nSPS) is 0. The molecule has 0 aromatic rings. The van der Waals surface area contributed by atoms with Crippen LogP contribution in [0.15, 0.2) is 0 Å². The summed E-state index contributed by atoms with van der Waals surface area (Å²) >= 11 is 0. The van der Waals surface area contributed by atoms with Crippen LogP contribution in [0.3, 0.4) is 0 Å². The Hall–Kier alpha value is 1.70. The number of hydrogen-bond donors (Lipinski definition) is 0. The summed E-state index contributed by atoms with van der Waals surface area (Å²) in [6.45, 7) is 0. The maximum absolute atomic E-state index is 0. The summed E-state index contributed by atoms with van der Waals surface area (Å²) in [6, 6.07) is 0. The summed E-state index contributed by atoms with van der Waals surface area (Å²) < 4.78 is 0. The minimum atomic E-state index is 0. The SMILES string of the molecule is Cl.Cl.Cl.Cl.O.O.[Zn]. The van der Waals surface area contributed by atoms with Gasteiger partial charge in [0.2, 0.25) is 0 Å². The third kappa shape index (κ3) is 86.4. The van der Waals surface area contributed by atoms with Gasteiger partial charge in [-0.25, -0.2) is 0 Å². The van der Waals surface area contributed by atoms with Gasteiger partial charge in [0, 0.05) is 19.5 Å². The first-order chi connectivity index (χ1) is 0. The van der Waals surface area contributed by atoms with Gasteiger partial charge < -0.3 is 11.0 Å². The molecule has 0 aliphatic carbocycles. The van der Waals surface area contributed by atoms with Crippen molar-refractivity contribution in [2.24, 2.45) is 0 Å². The number of hydrogen-bond acceptors (Lipinski definition) is 0. The van der Waals surface area contributed by atoms with Crippen molar-refractivity contribution in [3.05, 3.63) is 0 Å². The van der Waals surface area contributed by atoms with Crippen LogP contribution in [-0.4, -0.2) is 11.0 Å². The van der Waals surface area contributed by atoms with Gasteiger partial charge in [-0.1, -0.05) is 0 Å². The van der Waals surface area contributed by atoms with Gasteiger partial charge in [0.25, 0.3) is 0 Å². The van der Waals surface area contributed by atoms with Crippen LogP contribution in [0.4, 0.5) is 0 Å². The molecule has 0 amide bonds. The van der Waals surface area contributed by atoms with Gasteiger partial charge in [0.1, 0.15) is 0 Å². The van der Waals surface area contributed by atoms with Crippen molar-refractivity contribution in [1.29, 1.82) is 0 Å². The van der Waals surface area contributed by atoms with Crippen molar-refractivity contribution in [2.75, 3.05) is 0 Å². The van der Waals surface area contributed by atoms with E-state index in [1.54, 1.807) is 0 Å². The van der Waals surface area contributed by atoms with Gasteiger partial charge in [0.15, 0.2) is 0 Å². The second kappa shape index (κ2) is 119. The van der Waals surface area contributed by atoms with E-state index in [-0.39, 0.29) is 80.1 Å². The molecular weight excluding hydrogens is 239 g/mol. The molecular formula is H8Cl4O2Zn. The minimum absolute atomic E-state index is 0. The second-order valence-electron chi connectivity index (χ2n) is 0. The molecule has 4 N–H and O–H groups in total. The molecule has 0 aromatic heterocycles. The van der Waals surface area contributed by atoms with Gasteiger partial charge in [-0.05, 0) is 0 Å². The van der Waals surface area contributed by atoms with Crippen LogP contribution in [0.2, 0.25) is 0 Å². The van der Waals surface area contributed by atoms with Crippen molar-refractivity contribution in [3.63, 3.8) is 0 Å². The standard InChI is InChI=1S/4ClH.2H2O.Zn/h4*1H;2*1H2;. The fourth-order valence-electron chi connectivity index (χ4n) is 0. The van der Waals surface area contributed by atoms with Crippen LogP contribution in [0, 0.1) is 0 Å². The third-order valence-electron chi connectivity index (χ3n) is 0. The van der Waals surface area contributed by atoms with Gasteiger partial charge in [-0.15, -0.1) is 49.6 Å². The van der Waals surface area contributed by atoms with E-state index in [2.05, 4.69) is 0 Å². The number of rotatable bonds is 0. The van der Waals surface area contributed by atoms with Crippen LogP contribution in [-0.2, 0) is 19.5 Å².